The Bertz CT molecular complexity index is 596. The zero-order chi connectivity index (χ0) is 17.4. The molecule has 1 aliphatic heterocycles. The number of carbonyl (C=O) groups is 1. The summed E-state index contributed by atoms with van der Waals surface area (Å²) in [6.07, 6.45) is -1.83. The fourth-order valence-corrected chi connectivity index (χ4v) is 4.22. The van der Waals surface area contributed by atoms with Crippen LogP contribution in [0.15, 0.2) is 24.3 Å². The van der Waals surface area contributed by atoms with Gasteiger partial charge in [-0.2, -0.15) is 13.2 Å². The highest BCUT2D eigenvalue weighted by Gasteiger charge is 2.53. The molecule has 1 saturated carbocycles. The molecule has 1 aromatic rings. The molecule has 0 radical (unpaired) electrons. The van der Waals surface area contributed by atoms with E-state index in [4.69, 9.17) is 10.5 Å². The maximum atomic E-state index is 12.9. The van der Waals surface area contributed by atoms with E-state index in [-0.39, 0.29) is 11.8 Å². The number of primary amides is 1. The SMILES string of the molecule is NC(=O)c1cccc(C2(OCC(F)(F)F)C3CCCC2CNC3)c1. The van der Waals surface area contributed by atoms with E-state index in [0.717, 1.165) is 19.3 Å². The van der Waals surface area contributed by atoms with Gasteiger partial charge in [-0.1, -0.05) is 18.6 Å². The molecule has 132 valence electrons. The van der Waals surface area contributed by atoms with E-state index in [1.54, 1.807) is 24.3 Å². The maximum absolute atomic E-state index is 12.9. The van der Waals surface area contributed by atoms with Crippen LogP contribution in [0.3, 0.4) is 0 Å². The van der Waals surface area contributed by atoms with E-state index in [9.17, 15) is 18.0 Å². The molecule has 4 nitrogen and oxygen atoms in total. The average Bonchev–Trinajstić information content (AvgIpc) is 2.51. The summed E-state index contributed by atoms with van der Waals surface area (Å²) in [6.45, 7) is -0.0783. The smallest absolute Gasteiger partial charge is 0.366 e. The Labute approximate surface area is 138 Å². The molecule has 1 amide bonds. The van der Waals surface area contributed by atoms with Crippen LogP contribution >= 0.6 is 0 Å². The number of nitrogens with two attached hydrogens (primary N) is 1. The van der Waals surface area contributed by atoms with Crippen LogP contribution in [0.5, 0.6) is 0 Å². The van der Waals surface area contributed by atoms with Crippen molar-refractivity contribution in [1.82, 2.24) is 5.32 Å². The fourth-order valence-electron chi connectivity index (χ4n) is 4.22. The van der Waals surface area contributed by atoms with Gasteiger partial charge in [-0.3, -0.25) is 4.79 Å². The van der Waals surface area contributed by atoms with Crippen molar-refractivity contribution in [1.29, 1.82) is 0 Å². The van der Waals surface area contributed by atoms with Crippen LogP contribution < -0.4 is 11.1 Å². The van der Waals surface area contributed by atoms with Crippen molar-refractivity contribution in [3.63, 3.8) is 0 Å². The van der Waals surface area contributed by atoms with Gasteiger partial charge < -0.3 is 15.8 Å². The second-order valence-corrected chi connectivity index (χ2v) is 6.63. The summed E-state index contributed by atoms with van der Waals surface area (Å²) in [5.41, 5.74) is 5.23. The number of ether oxygens (including phenoxy) is 1. The first-order valence-electron chi connectivity index (χ1n) is 8.14. The number of hydrogen-bond acceptors (Lipinski definition) is 3. The average molecular weight is 342 g/mol. The van der Waals surface area contributed by atoms with Gasteiger partial charge in [-0.15, -0.1) is 0 Å². The topological polar surface area (TPSA) is 64.4 Å². The quantitative estimate of drug-likeness (QED) is 0.884. The van der Waals surface area contributed by atoms with Gasteiger partial charge in [0.05, 0.1) is 0 Å². The van der Waals surface area contributed by atoms with E-state index in [1.807, 2.05) is 0 Å². The zero-order valence-electron chi connectivity index (χ0n) is 13.2. The summed E-state index contributed by atoms with van der Waals surface area (Å²) >= 11 is 0. The van der Waals surface area contributed by atoms with Crippen LogP contribution in [0.1, 0.15) is 35.2 Å². The molecule has 2 fully saturated rings. The predicted octanol–water partition coefficient (Wildman–Crippen LogP) is 2.58. The van der Waals surface area contributed by atoms with Gasteiger partial charge in [-0.25, -0.2) is 0 Å². The van der Waals surface area contributed by atoms with Gasteiger partial charge in [0.15, 0.2) is 0 Å². The molecule has 0 spiro atoms. The second-order valence-electron chi connectivity index (χ2n) is 6.63. The van der Waals surface area contributed by atoms with Crippen molar-refractivity contribution in [3.05, 3.63) is 35.4 Å². The molecular weight excluding hydrogens is 321 g/mol. The van der Waals surface area contributed by atoms with Gasteiger partial charge in [0, 0.05) is 30.5 Å². The number of fused-ring (bicyclic) bond motifs is 2. The summed E-state index contributed by atoms with van der Waals surface area (Å²) in [6, 6.07) is 6.57. The van der Waals surface area contributed by atoms with E-state index < -0.39 is 24.3 Å². The van der Waals surface area contributed by atoms with Crippen LogP contribution in [0.25, 0.3) is 0 Å². The van der Waals surface area contributed by atoms with Crippen LogP contribution in [-0.4, -0.2) is 31.8 Å². The normalized spacial score (nSPS) is 30.1. The third-order valence-electron chi connectivity index (χ3n) is 5.17. The van der Waals surface area contributed by atoms with Gasteiger partial charge >= 0.3 is 6.18 Å². The number of halogens is 3. The molecule has 0 aromatic heterocycles. The van der Waals surface area contributed by atoms with Crippen LogP contribution in [0.4, 0.5) is 13.2 Å². The minimum absolute atomic E-state index is 0.0597. The Morgan fingerprint density at radius 1 is 1.29 bits per heavy atom. The molecule has 7 heteroatoms. The third-order valence-corrected chi connectivity index (χ3v) is 5.17. The molecule has 24 heavy (non-hydrogen) atoms. The third kappa shape index (κ3) is 3.15. The Balaban J connectivity index is 2.05. The highest BCUT2D eigenvalue weighted by molar-refractivity contribution is 5.92. The molecule has 1 aliphatic carbocycles. The second kappa shape index (κ2) is 6.37. The van der Waals surface area contributed by atoms with Crippen molar-refractivity contribution < 1.29 is 22.7 Å². The standard InChI is InChI=1S/C17H21F3N2O2/c18-16(19,20)10-24-17(12-4-1-3-11(7-12)15(21)23)13-5-2-6-14(17)9-22-8-13/h1,3-4,7,13-14,22H,2,5-6,8-10H2,(H2,21,23). The number of hydrogen-bond donors (Lipinski definition) is 2. The molecule has 2 unspecified atom stereocenters. The molecule has 1 aromatic carbocycles. The number of piperidine rings is 1. The number of alkyl halides is 3. The molecule has 1 saturated heterocycles. The monoisotopic (exact) mass is 342 g/mol. The Morgan fingerprint density at radius 2 is 1.96 bits per heavy atom. The summed E-state index contributed by atoms with van der Waals surface area (Å²) in [4.78, 5) is 11.5. The summed E-state index contributed by atoms with van der Waals surface area (Å²) < 4.78 is 44.2. The van der Waals surface area contributed by atoms with Crippen molar-refractivity contribution >= 4 is 5.91 Å². The number of amides is 1. The van der Waals surface area contributed by atoms with Crippen molar-refractivity contribution in [2.75, 3.05) is 19.7 Å². The highest BCUT2D eigenvalue weighted by atomic mass is 19.4. The maximum Gasteiger partial charge on any atom is 0.411 e. The van der Waals surface area contributed by atoms with E-state index >= 15 is 0 Å². The Hall–Kier alpha value is -1.60. The lowest BCUT2D eigenvalue weighted by atomic mass is 9.62. The molecule has 3 rings (SSSR count). The first-order chi connectivity index (χ1) is 11.3. The van der Waals surface area contributed by atoms with Crippen molar-refractivity contribution in [2.45, 2.75) is 31.0 Å². The first-order valence-corrected chi connectivity index (χ1v) is 8.14. The van der Waals surface area contributed by atoms with Crippen LogP contribution in [0, 0.1) is 11.8 Å². The number of nitrogens with one attached hydrogen (secondary N) is 1. The number of rotatable bonds is 4. The first kappa shape index (κ1) is 17.2. The van der Waals surface area contributed by atoms with Gasteiger partial charge in [0.1, 0.15) is 12.2 Å². The van der Waals surface area contributed by atoms with Crippen molar-refractivity contribution in [2.24, 2.45) is 17.6 Å². The minimum atomic E-state index is -4.40. The number of carbonyl (C=O) groups excluding carboxylic acids is 1. The van der Waals surface area contributed by atoms with E-state index in [1.165, 1.54) is 0 Å². The summed E-state index contributed by atoms with van der Waals surface area (Å²) in [5.74, 6) is -0.715. The van der Waals surface area contributed by atoms with Gasteiger partial charge in [0.25, 0.3) is 0 Å². The molecule has 2 bridgehead atoms. The summed E-state index contributed by atoms with van der Waals surface area (Å²) in [7, 11) is 0. The molecule has 2 aliphatic rings. The Kier molecular flexibility index (Phi) is 4.57. The van der Waals surface area contributed by atoms with Crippen LogP contribution in [-0.2, 0) is 10.3 Å². The molecule has 2 atom stereocenters. The lowest BCUT2D eigenvalue weighted by Crippen LogP contribution is -2.59. The zero-order valence-corrected chi connectivity index (χ0v) is 13.2. The number of benzene rings is 1. The van der Waals surface area contributed by atoms with E-state index in [2.05, 4.69) is 5.32 Å². The van der Waals surface area contributed by atoms with Crippen LogP contribution in [0.2, 0.25) is 0 Å². The summed E-state index contributed by atoms with van der Waals surface area (Å²) in [5, 5.41) is 3.29. The largest absolute Gasteiger partial charge is 0.411 e. The molecular formula is C17H21F3N2O2. The van der Waals surface area contributed by atoms with E-state index in [0.29, 0.717) is 24.2 Å². The Morgan fingerprint density at radius 3 is 2.54 bits per heavy atom. The highest BCUT2D eigenvalue weighted by Crippen LogP contribution is 2.50. The lowest BCUT2D eigenvalue weighted by molar-refractivity contribution is -0.244. The molecule has 3 N–H and O–H groups in total. The van der Waals surface area contributed by atoms with Crippen molar-refractivity contribution in [3.8, 4) is 0 Å². The predicted molar refractivity (Wildman–Crippen MR) is 82.3 cm³/mol. The fraction of sp³-hybridized carbons (Fsp3) is 0.588. The molecule has 1 heterocycles. The van der Waals surface area contributed by atoms with Gasteiger partial charge in [-0.05, 0) is 30.5 Å². The minimum Gasteiger partial charge on any atom is -0.366 e. The lowest BCUT2D eigenvalue weighted by Gasteiger charge is -2.53. The van der Waals surface area contributed by atoms with Gasteiger partial charge in [0.2, 0.25) is 5.91 Å².